The summed E-state index contributed by atoms with van der Waals surface area (Å²) in [6.45, 7) is 3.15. The molecule has 1 aromatic carbocycles. The van der Waals surface area contributed by atoms with Gasteiger partial charge in [0.2, 0.25) is 0 Å². The molecule has 0 saturated carbocycles. The molecule has 1 fully saturated rings. The van der Waals surface area contributed by atoms with Crippen molar-refractivity contribution in [3.8, 4) is 0 Å². The second-order valence-corrected chi connectivity index (χ2v) is 5.79. The zero-order valence-corrected chi connectivity index (χ0v) is 11.1. The third-order valence-electron chi connectivity index (χ3n) is 4.89. The van der Waals surface area contributed by atoms with Gasteiger partial charge < -0.3 is 10.3 Å². The number of Topliss-reactive ketones (excluding diaryl/α,β-unsaturated/α-hetero) is 1. The average Bonchev–Trinajstić information content (AvgIpc) is 2.84. The molecule has 0 amide bonds. The molecule has 1 saturated heterocycles. The van der Waals surface area contributed by atoms with E-state index in [0.717, 1.165) is 30.6 Å². The molecule has 3 nitrogen and oxygen atoms in total. The van der Waals surface area contributed by atoms with Gasteiger partial charge in [0.05, 0.1) is 5.69 Å². The molecule has 4 rings (SSSR count). The monoisotopic (exact) mass is 254 g/mol. The second-order valence-electron chi connectivity index (χ2n) is 5.79. The van der Waals surface area contributed by atoms with Crippen LogP contribution in [0.2, 0.25) is 0 Å². The molecule has 0 unspecified atom stereocenters. The van der Waals surface area contributed by atoms with Crippen molar-refractivity contribution in [2.75, 3.05) is 6.54 Å². The van der Waals surface area contributed by atoms with Crippen LogP contribution in [-0.2, 0) is 0 Å². The molecule has 2 bridgehead atoms. The highest BCUT2D eigenvalue weighted by atomic mass is 16.1. The fraction of sp³-hybridized carbons (Fsp3) is 0.438. The number of rotatable bonds is 1. The number of ketones is 1. The molecule has 1 aromatic heterocycles. The summed E-state index contributed by atoms with van der Waals surface area (Å²) in [7, 11) is 0. The maximum Gasteiger partial charge on any atom is 0.182 e. The van der Waals surface area contributed by atoms with Crippen LogP contribution >= 0.6 is 0 Å². The molecule has 19 heavy (non-hydrogen) atoms. The number of piperidine rings is 1. The molecule has 1 aliphatic heterocycles. The van der Waals surface area contributed by atoms with Crippen molar-refractivity contribution >= 4 is 16.7 Å². The summed E-state index contributed by atoms with van der Waals surface area (Å²) in [6.07, 6.45) is 2.04. The van der Waals surface area contributed by atoms with Gasteiger partial charge in [0.25, 0.3) is 0 Å². The van der Waals surface area contributed by atoms with Crippen LogP contribution in [0.15, 0.2) is 24.3 Å². The van der Waals surface area contributed by atoms with Gasteiger partial charge in [0.15, 0.2) is 5.78 Å². The van der Waals surface area contributed by atoms with Gasteiger partial charge in [-0.1, -0.05) is 31.5 Å². The van der Waals surface area contributed by atoms with Gasteiger partial charge in [0, 0.05) is 28.4 Å². The molecule has 1 aliphatic carbocycles. The number of hydrogen-bond donors (Lipinski definition) is 2. The lowest BCUT2D eigenvalue weighted by molar-refractivity contribution is 0.0766. The van der Waals surface area contributed by atoms with E-state index >= 15 is 0 Å². The maximum absolute atomic E-state index is 12.7. The van der Waals surface area contributed by atoms with E-state index in [0.29, 0.717) is 17.7 Å². The predicted molar refractivity (Wildman–Crippen MR) is 75.3 cm³/mol. The fourth-order valence-corrected chi connectivity index (χ4v) is 3.84. The summed E-state index contributed by atoms with van der Waals surface area (Å²) in [5.41, 5.74) is 3.14. The Kier molecular flexibility index (Phi) is 2.33. The Bertz CT molecular complexity index is 658. The number of para-hydroxylation sites is 1. The summed E-state index contributed by atoms with van der Waals surface area (Å²) in [6, 6.07) is 8.58. The largest absolute Gasteiger partial charge is 0.352 e. The van der Waals surface area contributed by atoms with Crippen LogP contribution in [0, 0.1) is 11.8 Å². The van der Waals surface area contributed by atoms with E-state index in [1.54, 1.807) is 0 Å². The summed E-state index contributed by atoms with van der Waals surface area (Å²) >= 11 is 0. The Morgan fingerprint density at radius 3 is 3.00 bits per heavy atom. The van der Waals surface area contributed by atoms with E-state index in [1.165, 1.54) is 10.9 Å². The van der Waals surface area contributed by atoms with Gasteiger partial charge in [-0.3, -0.25) is 4.79 Å². The van der Waals surface area contributed by atoms with Crippen molar-refractivity contribution in [2.45, 2.75) is 25.8 Å². The van der Waals surface area contributed by atoms with Gasteiger partial charge >= 0.3 is 0 Å². The first-order chi connectivity index (χ1) is 9.29. The Hall–Kier alpha value is -1.61. The molecule has 0 spiro atoms. The quantitative estimate of drug-likeness (QED) is 0.821. The van der Waals surface area contributed by atoms with Crippen LogP contribution in [0.4, 0.5) is 0 Å². The van der Waals surface area contributed by atoms with Crippen molar-refractivity contribution in [1.29, 1.82) is 0 Å². The van der Waals surface area contributed by atoms with Crippen LogP contribution in [0.3, 0.4) is 0 Å². The maximum atomic E-state index is 12.7. The molecule has 2 N–H and O–H groups in total. The van der Waals surface area contributed by atoms with Gasteiger partial charge in [-0.25, -0.2) is 0 Å². The minimum absolute atomic E-state index is 0.205. The lowest BCUT2D eigenvalue weighted by atomic mass is 9.72. The van der Waals surface area contributed by atoms with Crippen LogP contribution < -0.4 is 5.32 Å². The highest BCUT2D eigenvalue weighted by Crippen LogP contribution is 2.43. The van der Waals surface area contributed by atoms with Gasteiger partial charge in [-0.15, -0.1) is 0 Å². The highest BCUT2D eigenvalue weighted by Gasteiger charge is 2.42. The van der Waals surface area contributed by atoms with Gasteiger partial charge in [-0.05, 0) is 24.9 Å². The number of carbonyl (C=O) groups excluding carboxylic acids is 1. The molecular formula is C16H18N2O. The lowest BCUT2D eigenvalue weighted by Gasteiger charge is -2.39. The van der Waals surface area contributed by atoms with E-state index in [-0.39, 0.29) is 5.92 Å². The van der Waals surface area contributed by atoms with Crippen molar-refractivity contribution in [3.05, 3.63) is 35.5 Å². The summed E-state index contributed by atoms with van der Waals surface area (Å²) < 4.78 is 0. The van der Waals surface area contributed by atoms with E-state index in [2.05, 4.69) is 29.4 Å². The van der Waals surface area contributed by atoms with Crippen LogP contribution in [0.25, 0.3) is 10.9 Å². The Labute approximate surface area is 112 Å². The number of fused-ring (bicyclic) bond motifs is 6. The van der Waals surface area contributed by atoms with Crippen LogP contribution in [-0.4, -0.2) is 17.3 Å². The number of carbonyl (C=O) groups is 1. The summed E-state index contributed by atoms with van der Waals surface area (Å²) in [4.78, 5) is 16.1. The first-order valence-corrected chi connectivity index (χ1v) is 7.17. The Balaban J connectivity index is 1.93. The molecule has 2 heterocycles. The standard InChI is InChI=1S/C16H18N2O/c1-2-9-8-17-13-7-11(9)16(19)15-14(13)10-5-3-4-6-12(10)18-15/h3-6,9,11,13,17-18H,2,7-8H2,1H3/t9-,11-,13-/m1/s1. The van der Waals surface area contributed by atoms with E-state index < -0.39 is 0 Å². The third kappa shape index (κ3) is 1.45. The van der Waals surface area contributed by atoms with Crippen LogP contribution in [0.1, 0.15) is 41.9 Å². The van der Waals surface area contributed by atoms with Gasteiger partial charge in [0.1, 0.15) is 0 Å². The number of aromatic amines is 1. The first-order valence-electron chi connectivity index (χ1n) is 7.17. The smallest absolute Gasteiger partial charge is 0.182 e. The number of aromatic nitrogens is 1. The molecule has 0 radical (unpaired) electrons. The molecule has 3 atom stereocenters. The van der Waals surface area contributed by atoms with E-state index in [9.17, 15) is 4.79 Å². The van der Waals surface area contributed by atoms with Crippen molar-refractivity contribution in [1.82, 2.24) is 10.3 Å². The van der Waals surface area contributed by atoms with Crippen LogP contribution in [0.5, 0.6) is 0 Å². The van der Waals surface area contributed by atoms with Crippen molar-refractivity contribution in [2.24, 2.45) is 11.8 Å². The minimum Gasteiger partial charge on any atom is -0.352 e. The minimum atomic E-state index is 0.205. The summed E-state index contributed by atoms with van der Waals surface area (Å²) in [5.74, 6) is 1.02. The SMILES string of the molecule is CC[C@@H]1CN[C@@H]2C[C@H]1C(=O)c1[nH]c3ccccc3c12. The predicted octanol–water partition coefficient (Wildman–Crippen LogP) is 3.04. The van der Waals surface area contributed by atoms with Gasteiger partial charge in [-0.2, -0.15) is 0 Å². The number of hydrogen-bond acceptors (Lipinski definition) is 2. The Morgan fingerprint density at radius 2 is 2.16 bits per heavy atom. The first kappa shape index (κ1) is 11.2. The van der Waals surface area contributed by atoms with E-state index in [4.69, 9.17) is 0 Å². The lowest BCUT2D eigenvalue weighted by Crippen LogP contribution is -2.45. The summed E-state index contributed by atoms with van der Waals surface area (Å²) in [5, 5.41) is 4.84. The number of nitrogens with one attached hydrogen (secondary N) is 2. The van der Waals surface area contributed by atoms with E-state index in [1.807, 2.05) is 12.1 Å². The topological polar surface area (TPSA) is 44.9 Å². The zero-order chi connectivity index (χ0) is 13.0. The second kappa shape index (κ2) is 3.94. The van der Waals surface area contributed by atoms with Crippen molar-refractivity contribution in [3.63, 3.8) is 0 Å². The van der Waals surface area contributed by atoms with Crippen molar-refractivity contribution < 1.29 is 4.79 Å². The molecule has 98 valence electrons. The molecular weight excluding hydrogens is 236 g/mol. The average molecular weight is 254 g/mol. The number of H-pyrrole nitrogens is 1. The molecule has 2 aromatic rings. The molecule has 3 heteroatoms. The highest BCUT2D eigenvalue weighted by molar-refractivity contribution is 6.05. The number of benzene rings is 1. The molecule has 2 aliphatic rings. The third-order valence-corrected chi connectivity index (χ3v) is 4.89. The zero-order valence-electron chi connectivity index (χ0n) is 11.1. The fourth-order valence-electron chi connectivity index (χ4n) is 3.84. The Morgan fingerprint density at radius 1 is 1.32 bits per heavy atom. The normalized spacial score (nSPS) is 29.5.